The van der Waals surface area contributed by atoms with Crippen molar-refractivity contribution < 1.29 is 16.5 Å². The fourth-order valence-electron chi connectivity index (χ4n) is 5.26. The molecule has 36 heavy (non-hydrogen) atoms. The molecule has 1 aliphatic heterocycles. The second-order valence-corrected chi connectivity index (χ2v) is 25.4. The lowest BCUT2D eigenvalue weighted by atomic mass is 10.2. The number of unbranched alkanes of at least 4 members (excludes halogenated alkanes) is 8. The highest BCUT2D eigenvalue weighted by Crippen LogP contribution is 2.39. The highest BCUT2D eigenvalue weighted by atomic mass is 28.5. The Hall–Kier alpha value is -0.332. The van der Waals surface area contributed by atoms with E-state index in [1.54, 1.807) is 0 Å². The van der Waals surface area contributed by atoms with Crippen LogP contribution in [0.5, 0.6) is 0 Å². The summed E-state index contributed by atoms with van der Waals surface area (Å²) < 4.78 is 28.8. The van der Waals surface area contributed by atoms with Crippen molar-refractivity contribution >= 4 is 34.2 Å². The molecule has 1 saturated heterocycles. The Morgan fingerprint density at radius 3 is 0.750 bits per heavy atom. The first-order chi connectivity index (χ1) is 17.1. The van der Waals surface area contributed by atoms with Crippen LogP contribution in [-0.4, -0.2) is 34.2 Å². The Bertz CT molecular complexity index is 550. The minimum atomic E-state index is -2.48. The van der Waals surface area contributed by atoms with Crippen molar-refractivity contribution in [2.24, 2.45) is 0 Å². The zero-order valence-electron chi connectivity index (χ0n) is 24.1. The lowest BCUT2D eigenvalue weighted by Gasteiger charge is -2.50. The fourth-order valence-corrected chi connectivity index (χ4v) is 28.9. The molecule has 0 saturated carbocycles. The molecule has 0 bridgehead atoms. The molecule has 0 N–H and O–H groups in total. The summed E-state index contributed by atoms with van der Waals surface area (Å²) in [6, 6.07) is 3.98. The summed E-state index contributed by atoms with van der Waals surface area (Å²) in [5.74, 6) is 0. The van der Waals surface area contributed by atoms with E-state index in [1.165, 1.54) is 0 Å². The molecule has 1 aliphatic rings. The maximum Gasteiger partial charge on any atom is 0.317 e. The minimum absolute atomic E-state index is 0.996. The maximum absolute atomic E-state index is 7.21. The predicted octanol–water partition coefficient (Wildman–Crippen LogP) is 9.78. The van der Waals surface area contributed by atoms with Gasteiger partial charge >= 0.3 is 34.2 Å². The molecule has 0 aromatic carbocycles. The summed E-state index contributed by atoms with van der Waals surface area (Å²) in [5.41, 5.74) is 0. The summed E-state index contributed by atoms with van der Waals surface area (Å²) in [6.07, 6.45) is 21.1. The average molecular weight is 569 g/mol. The lowest BCUT2D eigenvalue weighted by Crippen LogP contribution is -2.67. The molecular weight excluding hydrogens is 513 g/mol. The Balaban J connectivity index is 3.22. The van der Waals surface area contributed by atoms with E-state index in [1.807, 2.05) is 24.3 Å². The molecule has 0 aromatic heterocycles. The summed E-state index contributed by atoms with van der Waals surface area (Å²) in [4.78, 5) is 0. The van der Waals surface area contributed by atoms with E-state index in [2.05, 4.69) is 52.5 Å². The van der Waals surface area contributed by atoms with Crippen molar-refractivity contribution in [2.75, 3.05) is 0 Å². The van der Waals surface area contributed by atoms with Gasteiger partial charge in [-0.3, -0.25) is 0 Å². The van der Waals surface area contributed by atoms with Crippen LogP contribution in [0.15, 0.2) is 50.6 Å². The zero-order chi connectivity index (χ0) is 27.0. The van der Waals surface area contributed by atoms with Crippen LogP contribution in [0.2, 0.25) is 50.4 Å². The minimum Gasteiger partial charge on any atom is -0.416 e. The second-order valence-electron chi connectivity index (χ2n) is 11.1. The number of hydrogen-bond acceptors (Lipinski definition) is 4. The van der Waals surface area contributed by atoms with E-state index in [-0.39, 0.29) is 0 Å². The van der Waals surface area contributed by atoms with Crippen molar-refractivity contribution in [3.63, 3.8) is 0 Å². The van der Waals surface area contributed by atoms with Gasteiger partial charge in [0.25, 0.3) is 0 Å². The molecule has 0 spiro atoms. The van der Waals surface area contributed by atoms with Gasteiger partial charge in [0.2, 0.25) is 0 Å². The summed E-state index contributed by atoms with van der Waals surface area (Å²) in [7, 11) is -9.90. The maximum atomic E-state index is 7.21. The fraction of sp³-hybridized carbons (Fsp3) is 0.714. The molecule has 0 aromatic rings. The van der Waals surface area contributed by atoms with Crippen LogP contribution in [0.25, 0.3) is 0 Å². The molecule has 1 fully saturated rings. The third-order valence-corrected chi connectivity index (χ3v) is 25.7. The van der Waals surface area contributed by atoms with Crippen molar-refractivity contribution in [2.45, 2.75) is 127 Å². The first-order valence-corrected chi connectivity index (χ1v) is 24.4. The van der Waals surface area contributed by atoms with E-state index < -0.39 is 34.2 Å². The first kappa shape index (κ1) is 33.7. The van der Waals surface area contributed by atoms with Crippen LogP contribution in [-0.2, 0) is 16.5 Å². The van der Waals surface area contributed by atoms with Gasteiger partial charge in [0.1, 0.15) is 0 Å². The summed E-state index contributed by atoms with van der Waals surface area (Å²) in [6.45, 7) is 24.7. The topological polar surface area (TPSA) is 36.9 Å². The number of hydrogen-bond donors (Lipinski definition) is 0. The molecule has 8 heteroatoms. The Morgan fingerprint density at radius 1 is 0.389 bits per heavy atom. The molecule has 0 unspecified atom stereocenters. The lowest BCUT2D eigenvalue weighted by molar-refractivity contribution is 0.220. The molecular formula is C28H56O4Si4. The standard InChI is InChI=1S/C28H56O4Si4/c1-9-13-17-21-25-33(5)29-34(6,26-22-18-14-10-2)31-36(8,28-24-20-16-12-4)32-35(7,30-33)27-23-19-15-11-3/h9-12H,1-4,13-28H2,5-8H3. The van der Waals surface area contributed by atoms with E-state index in [0.717, 1.165) is 101 Å². The van der Waals surface area contributed by atoms with Gasteiger partial charge in [-0.15, -0.1) is 26.3 Å². The van der Waals surface area contributed by atoms with Gasteiger partial charge in [0.05, 0.1) is 0 Å². The number of rotatable bonds is 20. The van der Waals surface area contributed by atoms with Gasteiger partial charge in [-0.25, -0.2) is 0 Å². The molecule has 208 valence electrons. The van der Waals surface area contributed by atoms with Crippen LogP contribution in [0.4, 0.5) is 0 Å². The molecule has 1 heterocycles. The van der Waals surface area contributed by atoms with Crippen molar-refractivity contribution in [1.82, 2.24) is 0 Å². The van der Waals surface area contributed by atoms with Gasteiger partial charge in [0.15, 0.2) is 0 Å². The van der Waals surface area contributed by atoms with Crippen LogP contribution in [0.1, 0.15) is 77.0 Å². The molecule has 0 radical (unpaired) electrons. The van der Waals surface area contributed by atoms with E-state index >= 15 is 0 Å². The van der Waals surface area contributed by atoms with Gasteiger partial charge < -0.3 is 16.5 Å². The highest BCUT2D eigenvalue weighted by Gasteiger charge is 2.56. The normalized spacial score (nSPS) is 30.8. The van der Waals surface area contributed by atoms with E-state index in [0.29, 0.717) is 0 Å². The molecule has 0 aliphatic carbocycles. The Kier molecular flexibility index (Phi) is 16.2. The summed E-state index contributed by atoms with van der Waals surface area (Å²) >= 11 is 0. The van der Waals surface area contributed by atoms with Crippen LogP contribution in [0, 0.1) is 0 Å². The Morgan fingerprint density at radius 2 is 0.583 bits per heavy atom. The highest BCUT2D eigenvalue weighted by molar-refractivity contribution is 6.93. The SMILES string of the molecule is C=CCCCC[Si]1(C)O[Si](C)(CCCCC=C)O[Si](C)(CCCCC=C)O[Si](C)(CCCCC=C)O1. The summed E-state index contributed by atoms with van der Waals surface area (Å²) in [5, 5.41) is 0. The molecule has 4 nitrogen and oxygen atoms in total. The van der Waals surface area contributed by atoms with Crippen molar-refractivity contribution in [1.29, 1.82) is 0 Å². The largest absolute Gasteiger partial charge is 0.416 e. The van der Waals surface area contributed by atoms with Gasteiger partial charge in [-0.05, 0) is 102 Å². The third-order valence-electron chi connectivity index (χ3n) is 6.88. The molecule has 0 atom stereocenters. The zero-order valence-corrected chi connectivity index (χ0v) is 28.1. The quantitative estimate of drug-likeness (QED) is 0.0832. The van der Waals surface area contributed by atoms with E-state index in [4.69, 9.17) is 16.5 Å². The molecule has 1 rings (SSSR count). The van der Waals surface area contributed by atoms with Gasteiger partial charge in [-0.1, -0.05) is 50.0 Å². The van der Waals surface area contributed by atoms with Crippen LogP contribution >= 0.6 is 0 Å². The average Bonchev–Trinajstić information content (AvgIpc) is 2.79. The molecule has 0 amide bonds. The number of allylic oxidation sites excluding steroid dienone is 4. The smallest absolute Gasteiger partial charge is 0.317 e. The van der Waals surface area contributed by atoms with E-state index in [9.17, 15) is 0 Å². The third kappa shape index (κ3) is 13.5. The van der Waals surface area contributed by atoms with Crippen LogP contribution in [0.3, 0.4) is 0 Å². The van der Waals surface area contributed by atoms with Crippen molar-refractivity contribution in [3.05, 3.63) is 50.6 Å². The van der Waals surface area contributed by atoms with Crippen LogP contribution < -0.4 is 0 Å². The monoisotopic (exact) mass is 568 g/mol. The second kappa shape index (κ2) is 17.3. The predicted molar refractivity (Wildman–Crippen MR) is 166 cm³/mol. The Labute approximate surface area is 228 Å². The van der Waals surface area contributed by atoms with Gasteiger partial charge in [0, 0.05) is 0 Å². The van der Waals surface area contributed by atoms with Gasteiger partial charge in [-0.2, -0.15) is 0 Å². The first-order valence-electron chi connectivity index (χ1n) is 14.3. The van der Waals surface area contributed by atoms with Crippen molar-refractivity contribution in [3.8, 4) is 0 Å².